The van der Waals surface area contributed by atoms with E-state index >= 15 is 0 Å². The smallest absolute Gasteiger partial charge is 0.284 e. The van der Waals surface area contributed by atoms with Gasteiger partial charge in [-0.3, -0.25) is 0 Å². The van der Waals surface area contributed by atoms with Crippen molar-refractivity contribution in [3.63, 3.8) is 0 Å². The van der Waals surface area contributed by atoms with Crippen LogP contribution in [-0.4, -0.2) is 4.98 Å². The maximum Gasteiger partial charge on any atom is 0.284 e. The first-order valence-electron chi connectivity index (χ1n) is 4.75. The number of hydrogen-bond donors (Lipinski definition) is 0. The zero-order valence-electron chi connectivity index (χ0n) is 7.97. The molecule has 0 unspecified atom stereocenters. The Morgan fingerprint density at radius 1 is 0.933 bits per heavy atom. The molecule has 2 aromatic carbocycles. The standard InChI is InChI=1S/C13H8NO/c1-2-4-10(5-3-1)11-6-7-12-13(8-11)15-9-14-12/h1-8H. The van der Waals surface area contributed by atoms with Crippen LogP contribution in [0.5, 0.6) is 0 Å². The average molecular weight is 194 g/mol. The normalized spacial score (nSPS) is 10.7. The third-order valence-electron chi connectivity index (χ3n) is 2.39. The van der Waals surface area contributed by atoms with Gasteiger partial charge in [0.25, 0.3) is 6.39 Å². The monoisotopic (exact) mass is 194 g/mol. The van der Waals surface area contributed by atoms with Gasteiger partial charge < -0.3 is 4.42 Å². The summed E-state index contributed by atoms with van der Waals surface area (Å²) in [6, 6.07) is 16.1. The number of hydrogen-bond acceptors (Lipinski definition) is 2. The van der Waals surface area contributed by atoms with Gasteiger partial charge in [-0.15, -0.1) is 0 Å². The lowest BCUT2D eigenvalue weighted by Gasteiger charge is -1.99. The molecule has 0 fully saturated rings. The summed E-state index contributed by atoms with van der Waals surface area (Å²) >= 11 is 0. The van der Waals surface area contributed by atoms with Crippen LogP contribution in [0, 0.1) is 6.39 Å². The van der Waals surface area contributed by atoms with Gasteiger partial charge in [-0.05, 0) is 23.3 Å². The van der Waals surface area contributed by atoms with Gasteiger partial charge >= 0.3 is 0 Å². The molecule has 1 heterocycles. The van der Waals surface area contributed by atoms with Crippen molar-refractivity contribution < 1.29 is 4.42 Å². The molecule has 1 aromatic heterocycles. The number of nitrogens with zero attached hydrogens (tertiary/aromatic N) is 1. The third kappa shape index (κ3) is 1.40. The molecule has 0 atom stereocenters. The molecule has 0 bridgehead atoms. The molecule has 0 aliphatic heterocycles. The fraction of sp³-hybridized carbons (Fsp3) is 0. The molecular formula is C13H8NO. The second-order valence-electron chi connectivity index (χ2n) is 3.35. The molecule has 3 aromatic rings. The maximum absolute atomic E-state index is 5.14. The van der Waals surface area contributed by atoms with Crippen LogP contribution in [0.2, 0.25) is 0 Å². The number of oxazole rings is 1. The Bertz CT molecular complexity index is 584. The molecule has 0 amide bonds. The van der Waals surface area contributed by atoms with Crippen LogP contribution in [-0.2, 0) is 0 Å². The highest BCUT2D eigenvalue weighted by Gasteiger charge is 2.01. The van der Waals surface area contributed by atoms with E-state index in [4.69, 9.17) is 4.42 Å². The molecule has 3 rings (SSSR count). The molecule has 2 nitrogen and oxygen atoms in total. The van der Waals surface area contributed by atoms with Gasteiger partial charge in [-0.2, -0.15) is 0 Å². The zero-order valence-corrected chi connectivity index (χ0v) is 7.97. The van der Waals surface area contributed by atoms with Crippen LogP contribution in [0.1, 0.15) is 0 Å². The van der Waals surface area contributed by atoms with E-state index in [0.29, 0.717) is 0 Å². The molecule has 2 heteroatoms. The van der Waals surface area contributed by atoms with Crippen LogP contribution >= 0.6 is 0 Å². The molecule has 0 aliphatic carbocycles. The van der Waals surface area contributed by atoms with Crippen molar-refractivity contribution in [3.05, 3.63) is 54.9 Å². The second-order valence-corrected chi connectivity index (χ2v) is 3.35. The van der Waals surface area contributed by atoms with Crippen molar-refractivity contribution in [2.75, 3.05) is 0 Å². The molecule has 15 heavy (non-hydrogen) atoms. The second kappa shape index (κ2) is 3.24. The molecule has 0 saturated heterocycles. The molecule has 1 radical (unpaired) electrons. The summed E-state index contributed by atoms with van der Waals surface area (Å²) in [5.74, 6) is 0. The Morgan fingerprint density at radius 2 is 1.80 bits per heavy atom. The topological polar surface area (TPSA) is 26.0 Å². The minimum Gasteiger partial charge on any atom is -0.432 e. The number of rotatable bonds is 1. The SMILES string of the molecule is [c]1nc2ccc(-c3ccccc3)cc2o1. The van der Waals surface area contributed by atoms with E-state index in [1.54, 1.807) is 0 Å². The molecule has 0 spiro atoms. The Morgan fingerprint density at radius 3 is 2.67 bits per heavy atom. The van der Waals surface area contributed by atoms with Crippen molar-refractivity contribution in [2.45, 2.75) is 0 Å². The quantitative estimate of drug-likeness (QED) is 0.594. The summed E-state index contributed by atoms with van der Waals surface area (Å²) in [6.45, 7) is 0. The molecule has 0 N–H and O–H groups in total. The molecule has 71 valence electrons. The molecule has 0 aliphatic rings. The minimum absolute atomic E-state index is 0.774. The lowest BCUT2D eigenvalue weighted by atomic mass is 10.1. The lowest BCUT2D eigenvalue weighted by molar-refractivity contribution is 0.591. The first-order chi connectivity index (χ1) is 7.43. The largest absolute Gasteiger partial charge is 0.432 e. The lowest BCUT2D eigenvalue weighted by Crippen LogP contribution is -1.76. The van der Waals surface area contributed by atoms with Gasteiger partial charge in [0.05, 0.1) is 0 Å². The van der Waals surface area contributed by atoms with Crippen molar-refractivity contribution >= 4 is 11.1 Å². The van der Waals surface area contributed by atoms with Crippen molar-refractivity contribution in [1.82, 2.24) is 4.98 Å². The van der Waals surface area contributed by atoms with Gasteiger partial charge in [-0.25, -0.2) is 4.98 Å². The van der Waals surface area contributed by atoms with E-state index < -0.39 is 0 Å². The predicted octanol–water partition coefficient (Wildman–Crippen LogP) is 3.29. The molecular weight excluding hydrogens is 186 g/mol. The highest BCUT2D eigenvalue weighted by molar-refractivity contribution is 5.79. The van der Waals surface area contributed by atoms with Crippen LogP contribution in [0.4, 0.5) is 0 Å². The van der Waals surface area contributed by atoms with Crippen LogP contribution < -0.4 is 0 Å². The summed E-state index contributed by atoms with van der Waals surface area (Å²) in [5.41, 5.74) is 3.93. The average Bonchev–Trinajstić information content (AvgIpc) is 2.77. The summed E-state index contributed by atoms with van der Waals surface area (Å²) in [7, 11) is 0. The van der Waals surface area contributed by atoms with Gasteiger partial charge in [-0.1, -0.05) is 36.4 Å². The third-order valence-corrected chi connectivity index (χ3v) is 2.39. The fourth-order valence-corrected chi connectivity index (χ4v) is 1.62. The predicted molar refractivity (Wildman–Crippen MR) is 58.3 cm³/mol. The minimum atomic E-state index is 0.774. The summed E-state index contributed by atoms with van der Waals surface area (Å²) in [5, 5.41) is 0. The Kier molecular flexibility index (Phi) is 1.78. The first-order valence-corrected chi connectivity index (χ1v) is 4.75. The van der Waals surface area contributed by atoms with Crippen molar-refractivity contribution in [2.24, 2.45) is 0 Å². The summed E-state index contributed by atoms with van der Waals surface area (Å²) < 4.78 is 5.14. The Balaban J connectivity index is 2.19. The Hall–Kier alpha value is -2.09. The Labute approximate surface area is 87.2 Å². The van der Waals surface area contributed by atoms with Crippen LogP contribution in [0.15, 0.2) is 52.9 Å². The van der Waals surface area contributed by atoms with E-state index in [-0.39, 0.29) is 0 Å². The zero-order chi connectivity index (χ0) is 10.1. The first kappa shape index (κ1) is 8.24. The van der Waals surface area contributed by atoms with E-state index in [1.165, 1.54) is 5.56 Å². The number of aromatic nitrogens is 1. The van der Waals surface area contributed by atoms with Gasteiger partial charge in [0.15, 0.2) is 5.58 Å². The van der Waals surface area contributed by atoms with Crippen LogP contribution in [0.3, 0.4) is 0 Å². The van der Waals surface area contributed by atoms with Gasteiger partial charge in [0, 0.05) is 0 Å². The van der Waals surface area contributed by atoms with Crippen molar-refractivity contribution in [3.8, 4) is 11.1 Å². The summed E-state index contributed by atoms with van der Waals surface area (Å²) in [4.78, 5) is 3.96. The fourth-order valence-electron chi connectivity index (χ4n) is 1.62. The summed E-state index contributed by atoms with van der Waals surface area (Å²) in [6.07, 6.45) is 2.49. The number of benzene rings is 2. The van der Waals surface area contributed by atoms with E-state index in [9.17, 15) is 0 Å². The van der Waals surface area contributed by atoms with Crippen LogP contribution in [0.25, 0.3) is 22.2 Å². The highest BCUT2D eigenvalue weighted by Crippen LogP contribution is 2.23. The highest BCUT2D eigenvalue weighted by atomic mass is 16.3. The van der Waals surface area contributed by atoms with Gasteiger partial charge in [0.1, 0.15) is 5.52 Å². The van der Waals surface area contributed by atoms with E-state index in [0.717, 1.165) is 16.7 Å². The maximum atomic E-state index is 5.14. The van der Waals surface area contributed by atoms with Crippen molar-refractivity contribution in [1.29, 1.82) is 0 Å². The molecule has 0 saturated carbocycles. The van der Waals surface area contributed by atoms with Gasteiger partial charge in [0.2, 0.25) is 0 Å². The number of fused-ring (bicyclic) bond motifs is 1. The van der Waals surface area contributed by atoms with E-state index in [2.05, 4.69) is 23.5 Å². The van der Waals surface area contributed by atoms with E-state index in [1.807, 2.05) is 36.4 Å².